The molecular weight excluding hydrogens is 446 g/mol. The molecule has 106 valence electrons. The summed E-state index contributed by atoms with van der Waals surface area (Å²) in [5, 5.41) is 0.152. The van der Waals surface area contributed by atoms with Crippen LogP contribution in [0.4, 0.5) is 13.2 Å². The summed E-state index contributed by atoms with van der Waals surface area (Å²) in [6.07, 6.45) is -3.61. The lowest BCUT2D eigenvalue weighted by atomic mass is 10.1. The Morgan fingerprint density at radius 1 is 1.53 bits per heavy atom. The minimum atomic E-state index is -4.91. The molecule has 1 aromatic rings. The van der Waals surface area contributed by atoms with E-state index >= 15 is 0 Å². The maximum atomic E-state index is 12.4. The quantitative estimate of drug-likeness (QED) is 0.302. The van der Waals surface area contributed by atoms with Gasteiger partial charge in [-0.15, -0.1) is 13.2 Å². The highest BCUT2D eigenvalue weighted by Gasteiger charge is 2.35. The van der Waals surface area contributed by atoms with E-state index in [1.807, 2.05) is 0 Å². The highest BCUT2D eigenvalue weighted by molar-refractivity contribution is 14.1. The van der Waals surface area contributed by atoms with E-state index in [9.17, 15) is 18.0 Å². The molecule has 9 heteroatoms. The van der Waals surface area contributed by atoms with Gasteiger partial charge < -0.3 is 9.47 Å². The molecule has 0 amide bonds. The summed E-state index contributed by atoms with van der Waals surface area (Å²) in [7, 11) is 0. The molecule has 0 unspecified atom stereocenters. The van der Waals surface area contributed by atoms with Crippen molar-refractivity contribution in [3.63, 3.8) is 0 Å². The molecule has 0 spiro atoms. The highest BCUT2D eigenvalue weighted by Crippen LogP contribution is 2.33. The normalized spacial score (nSPS) is 11.3. The van der Waals surface area contributed by atoms with Gasteiger partial charge in [0.1, 0.15) is 9.26 Å². The number of hydrogen-bond acceptors (Lipinski definition) is 4. The Morgan fingerprint density at radius 2 is 2.16 bits per heavy atom. The second-order valence-electron chi connectivity index (χ2n) is 3.18. The largest absolute Gasteiger partial charge is 0.573 e. The first-order chi connectivity index (χ1) is 8.80. The van der Waals surface area contributed by atoms with Crippen molar-refractivity contribution in [2.45, 2.75) is 18.6 Å². The third-order valence-corrected chi connectivity index (χ3v) is 3.28. The number of carbonyl (C=O) groups is 1. The van der Waals surface area contributed by atoms with E-state index in [0.717, 1.165) is 0 Å². The molecular formula is C10H8BrF3INO3. The van der Waals surface area contributed by atoms with Crippen LogP contribution in [0.15, 0.2) is 6.20 Å². The van der Waals surface area contributed by atoms with Crippen LogP contribution >= 0.6 is 38.5 Å². The van der Waals surface area contributed by atoms with Gasteiger partial charge in [-0.2, -0.15) is 0 Å². The lowest BCUT2D eigenvalue weighted by molar-refractivity contribution is -0.275. The van der Waals surface area contributed by atoms with Crippen LogP contribution in [0.5, 0.6) is 5.75 Å². The summed E-state index contributed by atoms with van der Waals surface area (Å²) in [6.45, 7) is 1.60. The predicted molar refractivity (Wildman–Crippen MR) is 72.2 cm³/mol. The van der Waals surface area contributed by atoms with Crippen molar-refractivity contribution >= 4 is 44.5 Å². The summed E-state index contributed by atoms with van der Waals surface area (Å²) >= 11 is 4.64. The second kappa shape index (κ2) is 6.73. The number of esters is 1. The molecule has 0 bridgehead atoms. The van der Waals surface area contributed by atoms with Crippen LogP contribution in [0.2, 0.25) is 0 Å². The fourth-order valence-electron chi connectivity index (χ4n) is 1.24. The van der Waals surface area contributed by atoms with Gasteiger partial charge in [0.2, 0.25) is 0 Å². The van der Waals surface area contributed by atoms with Crippen LogP contribution in [0.3, 0.4) is 0 Å². The molecule has 0 radical (unpaired) electrons. The minimum absolute atomic E-state index is 0.0465. The molecule has 0 aromatic carbocycles. The number of aromatic nitrogens is 1. The Bertz CT molecular complexity index is 482. The van der Waals surface area contributed by atoms with Gasteiger partial charge in [0.05, 0.1) is 6.61 Å². The van der Waals surface area contributed by atoms with E-state index in [2.05, 4.69) is 25.7 Å². The molecule has 0 saturated heterocycles. The van der Waals surface area contributed by atoms with Crippen LogP contribution in [-0.4, -0.2) is 23.9 Å². The lowest BCUT2D eigenvalue weighted by Gasteiger charge is -2.15. The molecule has 0 atom stereocenters. The third-order valence-electron chi connectivity index (χ3n) is 1.91. The number of pyridine rings is 1. The molecule has 1 heterocycles. The maximum absolute atomic E-state index is 12.4. The van der Waals surface area contributed by atoms with Gasteiger partial charge in [0, 0.05) is 11.5 Å². The van der Waals surface area contributed by atoms with Crippen molar-refractivity contribution in [2.24, 2.45) is 0 Å². The first-order valence-electron chi connectivity index (χ1n) is 4.96. The van der Waals surface area contributed by atoms with Crippen molar-refractivity contribution < 1.29 is 27.4 Å². The van der Waals surface area contributed by atoms with E-state index in [0.29, 0.717) is 0 Å². The number of hydrogen-bond donors (Lipinski definition) is 0. The smallest absolute Gasteiger partial charge is 0.462 e. The lowest BCUT2D eigenvalue weighted by Crippen LogP contribution is -2.21. The van der Waals surface area contributed by atoms with E-state index in [1.165, 1.54) is 6.20 Å². The summed E-state index contributed by atoms with van der Waals surface area (Å²) in [4.78, 5) is 15.5. The number of alkyl halides is 4. The molecule has 1 aromatic heterocycles. The summed E-state index contributed by atoms with van der Waals surface area (Å²) in [6, 6.07) is 0. The van der Waals surface area contributed by atoms with E-state index in [4.69, 9.17) is 4.74 Å². The molecule has 0 aliphatic carbocycles. The SMILES string of the molecule is CCOC(=O)c1c(CBr)cnc(I)c1OC(F)(F)F. The number of ether oxygens (including phenoxy) is 2. The number of carbonyl (C=O) groups excluding carboxylic acids is 1. The van der Waals surface area contributed by atoms with Crippen LogP contribution in [0.25, 0.3) is 0 Å². The van der Waals surface area contributed by atoms with Gasteiger partial charge in [-0.25, -0.2) is 9.78 Å². The molecule has 0 fully saturated rings. The van der Waals surface area contributed by atoms with Gasteiger partial charge in [0.25, 0.3) is 0 Å². The topological polar surface area (TPSA) is 48.4 Å². The fourth-order valence-corrected chi connectivity index (χ4v) is 2.19. The summed E-state index contributed by atoms with van der Waals surface area (Å²) < 4.78 is 45.7. The standard InChI is InChI=1S/C10H8BrF3INO3/c1-2-18-9(17)6-5(3-11)4-16-8(15)7(6)19-10(12,13)14/h4H,2-3H2,1H3. The van der Waals surface area contributed by atoms with Gasteiger partial charge in [-0.05, 0) is 35.1 Å². The van der Waals surface area contributed by atoms with Crippen LogP contribution in [0, 0.1) is 3.70 Å². The zero-order valence-corrected chi connectivity index (χ0v) is 13.3. The zero-order chi connectivity index (χ0) is 14.6. The van der Waals surface area contributed by atoms with Gasteiger partial charge in [0.15, 0.2) is 5.75 Å². The van der Waals surface area contributed by atoms with Crippen LogP contribution < -0.4 is 4.74 Å². The second-order valence-corrected chi connectivity index (χ2v) is 4.76. The number of nitrogens with zero attached hydrogens (tertiary/aromatic N) is 1. The zero-order valence-electron chi connectivity index (χ0n) is 9.55. The molecule has 0 aliphatic rings. The van der Waals surface area contributed by atoms with Crippen molar-refractivity contribution in [1.82, 2.24) is 4.98 Å². The Balaban J connectivity index is 3.36. The monoisotopic (exact) mass is 453 g/mol. The molecule has 0 aliphatic heterocycles. The van der Waals surface area contributed by atoms with Crippen LogP contribution in [0.1, 0.15) is 22.8 Å². The molecule has 19 heavy (non-hydrogen) atoms. The van der Waals surface area contributed by atoms with E-state index < -0.39 is 18.1 Å². The molecule has 1 rings (SSSR count). The fraction of sp³-hybridized carbons (Fsp3) is 0.400. The summed E-state index contributed by atoms with van der Waals surface area (Å²) in [5.74, 6) is -1.51. The average molecular weight is 454 g/mol. The van der Waals surface area contributed by atoms with E-state index in [1.54, 1.807) is 29.5 Å². The van der Waals surface area contributed by atoms with Gasteiger partial charge in [-0.1, -0.05) is 15.9 Å². The highest BCUT2D eigenvalue weighted by atomic mass is 127. The minimum Gasteiger partial charge on any atom is -0.462 e. The molecule has 0 N–H and O–H groups in total. The van der Waals surface area contributed by atoms with Crippen molar-refractivity contribution in [3.05, 3.63) is 21.0 Å². The van der Waals surface area contributed by atoms with Crippen molar-refractivity contribution in [1.29, 1.82) is 0 Å². The first kappa shape index (κ1) is 16.5. The predicted octanol–water partition coefficient (Wildman–Crippen LogP) is 3.66. The number of halogens is 5. The Morgan fingerprint density at radius 3 is 2.63 bits per heavy atom. The summed E-state index contributed by atoms with van der Waals surface area (Å²) in [5.41, 5.74) is -0.00596. The van der Waals surface area contributed by atoms with E-state index in [-0.39, 0.29) is 26.8 Å². The van der Waals surface area contributed by atoms with Crippen molar-refractivity contribution in [3.8, 4) is 5.75 Å². The van der Waals surface area contributed by atoms with Gasteiger partial charge >= 0.3 is 12.3 Å². The van der Waals surface area contributed by atoms with Crippen molar-refractivity contribution in [2.75, 3.05) is 6.61 Å². The Hall–Kier alpha value is -0.580. The molecule has 0 saturated carbocycles. The first-order valence-corrected chi connectivity index (χ1v) is 7.16. The Labute approximate surface area is 128 Å². The average Bonchev–Trinajstić information content (AvgIpc) is 2.30. The third kappa shape index (κ3) is 4.48. The maximum Gasteiger partial charge on any atom is 0.573 e. The van der Waals surface area contributed by atoms with Gasteiger partial charge in [-0.3, -0.25) is 0 Å². The van der Waals surface area contributed by atoms with Crippen LogP contribution in [-0.2, 0) is 10.1 Å². The Kier molecular flexibility index (Phi) is 5.83. The molecule has 4 nitrogen and oxygen atoms in total. The number of rotatable bonds is 4.